The summed E-state index contributed by atoms with van der Waals surface area (Å²) >= 11 is 2.51. The highest BCUT2D eigenvalue weighted by Crippen LogP contribution is 2.49. The van der Waals surface area contributed by atoms with Crippen molar-refractivity contribution < 1.29 is 4.74 Å². The number of fused-ring (bicyclic) bond motifs is 3. The van der Waals surface area contributed by atoms with Gasteiger partial charge in [0.15, 0.2) is 0 Å². The van der Waals surface area contributed by atoms with Gasteiger partial charge in [0.1, 0.15) is 11.4 Å². The summed E-state index contributed by atoms with van der Waals surface area (Å²) in [6.45, 7) is 0. The van der Waals surface area contributed by atoms with E-state index < -0.39 is 0 Å². The Morgan fingerprint density at radius 3 is 2.82 bits per heavy atom. The second kappa shape index (κ2) is 3.57. The maximum Gasteiger partial charge on any atom is 0.141 e. The second-order valence-corrected chi connectivity index (χ2v) is 6.70. The lowest BCUT2D eigenvalue weighted by atomic mass is 9.84. The highest BCUT2D eigenvalue weighted by atomic mass is 127. The molecule has 2 atom stereocenters. The zero-order valence-electron chi connectivity index (χ0n) is 9.60. The van der Waals surface area contributed by atoms with Crippen molar-refractivity contribution in [3.63, 3.8) is 0 Å². The van der Waals surface area contributed by atoms with Crippen molar-refractivity contribution in [2.24, 2.45) is 0 Å². The zero-order valence-corrected chi connectivity index (χ0v) is 11.8. The minimum Gasteiger partial charge on any atom is -0.485 e. The molecule has 0 aromatic carbocycles. The lowest BCUT2D eigenvalue weighted by molar-refractivity contribution is 0.0195. The maximum absolute atomic E-state index is 6.27. The molecule has 0 saturated carbocycles. The molecule has 0 aliphatic carbocycles. The largest absolute Gasteiger partial charge is 0.485 e. The number of nitrogens with zero attached hydrogens (tertiary/aromatic N) is 2. The highest BCUT2D eigenvalue weighted by molar-refractivity contribution is 14.1. The molecule has 4 heteroatoms. The van der Waals surface area contributed by atoms with Crippen molar-refractivity contribution in [3.05, 3.63) is 24.0 Å². The van der Waals surface area contributed by atoms with Crippen LogP contribution in [0.15, 0.2) is 18.5 Å². The number of halogens is 1. The summed E-state index contributed by atoms with van der Waals surface area (Å²) in [5.74, 6) is 1.02. The van der Waals surface area contributed by atoms with E-state index in [0.29, 0.717) is 0 Å². The van der Waals surface area contributed by atoms with Gasteiger partial charge in [0.25, 0.3) is 0 Å². The number of piperidine rings is 1. The quantitative estimate of drug-likeness (QED) is 0.536. The summed E-state index contributed by atoms with van der Waals surface area (Å²) in [5.41, 5.74) is 1.43. The van der Waals surface area contributed by atoms with Crippen LogP contribution < -0.4 is 4.74 Å². The molecule has 3 aliphatic heterocycles. The number of rotatable bonds is 0. The third kappa shape index (κ3) is 1.53. The molecule has 2 saturated heterocycles. The molecule has 3 aliphatic rings. The van der Waals surface area contributed by atoms with Gasteiger partial charge in [0, 0.05) is 66.0 Å². The van der Waals surface area contributed by atoms with Crippen LogP contribution in [-0.2, 0) is 6.42 Å². The predicted octanol–water partition coefficient (Wildman–Crippen LogP) is 2.73. The van der Waals surface area contributed by atoms with E-state index >= 15 is 0 Å². The molecule has 1 aromatic rings. The van der Waals surface area contributed by atoms with E-state index in [-0.39, 0.29) is 5.60 Å². The molecule has 2 unspecified atom stereocenters. The van der Waals surface area contributed by atoms with E-state index in [0.717, 1.165) is 24.3 Å². The average Bonchev–Trinajstić information content (AvgIpc) is 2.75. The Labute approximate surface area is 115 Å². The van der Waals surface area contributed by atoms with E-state index in [1.165, 1.54) is 31.2 Å². The first-order chi connectivity index (χ1) is 8.26. The number of aromatic nitrogens is 1. The van der Waals surface area contributed by atoms with Gasteiger partial charge in [-0.05, 0) is 18.9 Å². The SMILES string of the molecule is IN1C2CCC1CC1(Cc3ccncc3O1)C2. The Morgan fingerprint density at radius 2 is 2.12 bits per heavy atom. The van der Waals surface area contributed by atoms with Crippen LogP contribution in [0.3, 0.4) is 0 Å². The van der Waals surface area contributed by atoms with E-state index in [2.05, 4.69) is 37.0 Å². The van der Waals surface area contributed by atoms with Crippen LogP contribution in [0.1, 0.15) is 31.2 Å². The Kier molecular flexibility index (Phi) is 2.22. The van der Waals surface area contributed by atoms with Crippen molar-refractivity contribution in [1.29, 1.82) is 0 Å². The van der Waals surface area contributed by atoms with Crippen molar-refractivity contribution in [1.82, 2.24) is 8.10 Å². The molecule has 0 N–H and O–H groups in total. The van der Waals surface area contributed by atoms with Crippen LogP contribution in [0.4, 0.5) is 0 Å². The topological polar surface area (TPSA) is 25.4 Å². The summed E-state index contributed by atoms with van der Waals surface area (Å²) in [7, 11) is 0. The first kappa shape index (κ1) is 10.6. The number of hydrogen-bond donors (Lipinski definition) is 0. The summed E-state index contributed by atoms with van der Waals surface area (Å²) in [6, 6.07) is 3.55. The Bertz CT molecular complexity index is 423. The molecule has 0 radical (unpaired) electrons. The van der Waals surface area contributed by atoms with Crippen LogP contribution in [0.25, 0.3) is 0 Å². The van der Waals surface area contributed by atoms with Gasteiger partial charge >= 0.3 is 0 Å². The zero-order chi connectivity index (χ0) is 11.5. The normalized spacial score (nSPS) is 39.4. The smallest absolute Gasteiger partial charge is 0.141 e. The van der Waals surface area contributed by atoms with Gasteiger partial charge in [-0.15, -0.1) is 0 Å². The summed E-state index contributed by atoms with van der Waals surface area (Å²) in [6.07, 6.45) is 9.89. The van der Waals surface area contributed by atoms with Crippen molar-refractivity contribution >= 4 is 22.9 Å². The lowest BCUT2D eigenvalue weighted by Crippen LogP contribution is -2.49. The van der Waals surface area contributed by atoms with E-state index in [1.807, 2.05) is 12.4 Å². The van der Waals surface area contributed by atoms with Gasteiger partial charge < -0.3 is 4.74 Å². The molecule has 4 heterocycles. The minimum absolute atomic E-state index is 0.0822. The average molecular weight is 342 g/mol. The molecule has 2 fully saturated rings. The van der Waals surface area contributed by atoms with Crippen molar-refractivity contribution in [3.8, 4) is 5.75 Å². The van der Waals surface area contributed by atoms with Crippen LogP contribution in [0.5, 0.6) is 5.75 Å². The second-order valence-electron chi connectivity index (χ2n) is 5.58. The fraction of sp³-hybridized carbons (Fsp3) is 0.615. The number of pyridine rings is 1. The van der Waals surface area contributed by atoms with Gasteiger partial charge in [0.2, 0.25) is 0 Å². The van der Waals surface area contributed by atoms with Gasteiger partial charge in [-0.3, -0.25) is 4.98 Å². The number of hydrogen-bond acceptors (Lipinski definition) is 3. The molecule has 1 aromatic heterocycles. The summed E-state index contributed by atoms with van der Waals surface area (Å²) in [4.78, 5) is 4.17. The van der Waals surface area contributed by atoms with E-state index in [4.69, 9.17) is 4.74 Å². The third-order valence-electron chi connectivity index (χ3n) is 4.46. The Hall–Kier alpha value is -0.360. The molecule has 1 spiro atoms. The molecular formula is C13H15IN2O. The first-order valence-corrected chi connectivity index (χ1v) is 7.28. The molecular weight excluding hydrogens is 327 g/mol. The Balaban J connectivity index is 1.66. The van der Waals surface area contributed by atoms with Crippen LogP contribution in [0.2, 0.25) is 0 Å². The van der Waals surface area contributed by atoms with Crippen molar-refractivity contribution in [2.75, 3.05) is 0 Å². The monoisotopic (exact) mass is 342 g/mol. The van der Waals surface area contributed by atoms with Gasteiger partial charge in [0.05, 0.1) is 6.20 Å². The molecule has 0 amide bonds. The molecule has 90 valence electrons. The van der Waals surface area contributed by atoms with E-state index in [9.17, 15) is 0 Å². The standard InChI is InChI=1S/C13H15IN2O/c14-16-10-1-2-11(16)7-13(6-10)5-9-3-4-15-8-12(9)17-13/h3-4,8,10-11H,1-2,5-7H2. The van der Waals surface area contributed by atoms with Crippen LogP contribution in [0, 0.1) is 0 Å². The first-order valence-electron chi connectivity index (χ1n) is 6.32. The van der Waals surface area contributed by atoms with Gasteiger partial charge in [-0.25, -0.2) is 3.11 Å². The van der Waals surface area contributed by atoms with Crippen LogP contribution >= 0.6 is 22.9 Å². The summed E-state index contributed by atoms with van der Waals surface area (Å²) < 4.78 is 8.81. The highest BCUT2D eigenvalue weighted by Gasteiger charge is 2.51. The molecule has 2 bridgehead atoms. The van der Waals surface area contributed by atoms with Gasteiger partial charge in [-0.1, -0.05) is 0 Å². The number of ether oxygens (including phenoxy) is 1. The maximum atomic E-state index is 6.27. The minimum atomic E-state index is 0.0822. The fourth-order valence-corrected chi connectivity index (χ4v) is 4.69. The van der Waals surface area contributed by atoms with Gasteiger partial charge in [-0.2, -0.15) is 0 Å². The predicted molar refractivity (Wildman–Crippen MR) is 73.2 cm³/mol. The Morgan fingerprint density at radius 1 is 1.35 bits per heavy atom. The molecule has 4 rings (SSSR count). The van der Waals surface area contributed by atoms with Crippen LogP contribution in [-0.4, -0.2) is 25.8 Å². The fourth-order valence-electron chi connectivity index (χ4n) is 3.74. The lowest BCUT2D eigenvalue weighted by Gasteiger charge is -2.41. The van der Waals surface area contributed by atoms with E-state index in [1.54, 1.807) is 0 Å². The van der Waals surface area contributed by atoms with Crippen molar-refractivity contribution in [2.45, 2.75) is 49.8 Å². The molecule has 17 heavy (non-hydrogen) atoms. The molecule has 3 nitrogen and oxygen atoms in total. The summed E-state index contributed by atoms with van der Waals surface area (Å²) in [5, 5.41) is 0. The third-order valence-corrected chi connectivity index (χ3v) is 6.03.